The first-order chi connectivity index (χ1) is 12.2. The SMILES string of the molecule is O=C1N(CC2CCCCC2)CCCC12CCN(c1ccc(Cl)cn1)C2. The molecule has 25 heavy (non-hydrogen) atoms. The van der Waals surface area contributed by atoms with Gasteiger partial charge in [-0.1, -0.05) is 30.9 Å². The van der Waals surface area contributed by atoms with Gasteiger partial charge in [-0.2, -0.15) is 0 Å². The summed E-state index contributed by atoms with van der Waals surface area (Å²) in [7, 11) is 0. The Kier molecular flexibility index (Phi) is 4.90. The maximum absolute atomic E-state index is 13.3. The van der Waals surface area contributed by atoms with Gasteiger partial charge in [-0.05, 0) is 50.2 Å². The molecule has 0 aromatic carbocycles. The lowest BCUT2D eigenvalue weighted by molar-refractivity contribution is -0.145. The van der Waals surface area contributed by atoms with Crippen molar-refractivity contribution >= 4 is 23.3 Å². The molecule has 5 heteroatoms. The lowest BCUT2D eigenvalue weighted by Crippen LogP contribution is -2.51. The zero-order valence-electron chi connectivity index (χ0n) is 14.9. The first kappa shape index (κ1) is 17.1. The van der Waals surface area contributed by atoms with Crippen LogP contribution in [0.4, 0.5) is 5.82 Å². The molecule has 1 aromatic heterocycles. The number of hydrogen-bond acceptors (Lipinski definition) is 3. The van der Waals surface area contributed by atoms with Crippen LogP contribution >= 0.6 is 11.6 Å². The van der Waals surface area contributed by atoms with Gasteiger partial charge in [0.2, 0.25) is 5.91 Å². The number of carbonyl (C=O) groups is 1. The molecule has 1 spiro atoms. The van der Waals surface area contributed by atoms with Gasteiger partial charge in [0.05, 0.1) is 10.4 Å². The second kappa shape index (κ2) is 7.14. The number of amides is 1. The molecule has 0 bridgehead atoms. The van der Waals surface area contributed by atoms with Gasteiger partial charge in [-0.25, -0.2) is 4.98 Å². The Morgan fingerprint density at radius 1 is 1.12 bits per heavy atom. The molecule has 136 valence electrons. The minimum Gasteiger partial charge on any atom is -0.356 e. The molecule has 2 saturated heterocycles. The molecule has 3 aliphatic rings. The number of carbonyl (C=O) groups excluding carboxylic acids is 1. The van der Waals surface area contributed by atoms with Gasteiger partial charge in [0.15, 0.2) is 0 Å². The maximum atomic E-state index is 13.3. The third kappa shape index (κ3) is 3.51. The minimum absolute atomic E-state index is 0.186. The summed E-state index contributed by atoms with van der Waals surface area (Å²) in [6.45, 7) is 3.66. The Bertz CT molecular complexity index is 614. The fourth-order valence-electron chi connectivity index (χ4n) is 5.01. The van der Waals surface area contributed by atoms with Gasteiger partial charge in [-0.15, -0.1) is 0 Å². The first-order valence-electron chi connectivity index (χ1n) is 9.82. The highest BCUT2D eigenvalue weighted by molar-refractivity contribution is 6.30. The molecule has 0 radical (unpaired) electrons. The van der Waals surface area contributed by atoms with E-state index in [0.29, 0.717) is 10.9 Å². The van der Waals surface area contributed by atoms with Gasteiger partial charge in [-0.3, -0.25) is 4.79 Å². The normalized spacial score (nSPS) is 28.1. The molecule has 4 nitrogen and oxygen atoms in total. The number of aromatic nitrogens is 1. The number of likely N-dealkylation sites (tertiary alicyclic amines) is 1. The summed E-state index contributed by atoms with van der Waals surface area (Å²) in [5.41, 5.74) is -0.186. The van der Waals surface area contributed by atoms with Crippen LogP contribution in [0.2, 0.25) is 5.02 Å². The van der Waals surface area contributed by atoms with Crippen LogP contribution in [0.5, 0.6) is 0 Å². The fraction of sp³-hybridized carbons (Fsp3) is 0.700. The number of halogens is 1. The van der Waals surface area contributed by atoms with Crippen molar-refractivity contribution in [3.63, 3.8) is 0 Å². The van der Waals surface area contributed by atoms with E-state index in [1.807, 2.05) is 12.1 Å². The summed E-state index contributed by atoms with van der Waals surface area (Å²) in [6.07, 6.45) is 11.5. The van der Waals surface area contributed by atoms with Crippen molar-refractivity contribution in [2.24, 2.45) is 11.3 Å². The van der Waals surface area contributed by atoms with Crippen molar-refractivity contribution in [2.75, 3.05) is 31.1 Å². The van der Waals surface area contributed by atoms with E-state index in [9.17, 15) is 4.79 Å². The van der Waals surface area contributed by atoms with Gasteiger partial charge in [0.25, 0.3) is 0 Å². The Balaban J connectivity index is 1.44. The van der Waals surface area contributed by atoms with Crippen LogP contribution in [0.15, 0.2) is 18.3 Å². The zero-order chi connectivity index (χ0) is 17.3. The van der Waals surface area contributed by atoms with Crippen molar-refractivity contribution in [1.82, 2.24) is 9.88 Å². The molecule has 3 heterocycles. The van der Waals surface area contributed by atoms with Crippen molar-refractivity contribution in [3.05, 3.63) is 23.4 Å². The highest BCUT2D eigenvalue weighted by atomic mass is 35.5. The molecule has 1 aromatic rings. The van der Waals surface area contributed by atoms with Crippen LogP contribution < -0.4 is 4.90 Å². The highest BCUT2D eigenvalue weighted by Gasteiger charge is 2.48. The average molecular weight is 362 g/mol. The second-order valence-electron chi connectivity index (χ2n) is 8.15. The number of pyridine rings is 1. The Morgan fingerprint density at radius 3 is 2.72 bits per heavy atom. The van der Waals surface area contributed by atoms with Crippen molar-refractivity contribution in [2.45, 2.75) is 51.4 Å². The number of nitrogens with zero attached hydrogens (tertiary/aromatic N) is 3. The number of piperidine rings is 1. The monoisotopic (exact) mass is 361 g/mol. The van der Waals surface area contributed by atoms with E-state index in [0.717, 1.165) is 57.2 Å². The third-order valence-electron chi connectivity index (χ3n) is 6.42. The minimum atomic E-state index is -0.186. The third-order valence-corrected chi connectivity index (χ3v) is 6.64. The lowest BCUT2D eigenvalue weighted by atomic mass is 9.77. The van der Waals surface area contributed by atoms with Crippen molar-refractivity contribution < 1.29 is 4.79 Å². The fourth-order valence-corrected chi connectivity index (χ4v) is 5.12. The molecule has 2 aliphatic heterocycles. The van der Waals surface area contributed by atoms with E-state index in [2.05, 4.69) is 14.8 Å². The Morgan fingerprint density at radius 2 is 1.96 bits per heavy atom. The largest absolute Gasteiger partial charge is 0.356 e. The van der Waals surface area contributed by atoms with Crippen LogP contribution in [0.3, 0.4) is 0 Å². The predicted octanol–water partition coefficient (Wildman–Crippen LogP) is 4.13. The number of anilines is 1. The highest BCUT2D eigenvalue weighted by Crippen LogP contribution is 2.42. The Hall–Kier alpha value is -1.29. The van der Waals surface area contributed by atoms with Crippen molar-refractivity contribution in [3.8, 4) is 0 Å². The second-order valence-corrected chi connectivity index (χ2v) is 8.58. The first-order valence-corrected chi connectivity index (χ1v) is 10.2. The van der Waals surface area contributed by atoms with Crippen LogP contribution in [0.25, 0.3) is 0 Å². The van der Waals surface area contributed by atoms with Crippen LogP contribution in [-0.4, -0.2) is 42.0 Å². The van der Waals surface area contributed by atoms with Gasteiger partial charge in [0, 0.05) is 32.4 Å². The number of rotatable bonds is 3. The zero-order valence-corrected chi connectivity index (χ0v) is 15.7. The van der Waals surface area contributed by atoms with E-state index in [4.69, 9.17) is 11.6 Å². The van der Waals surface area contributed by atoms with Gasteiger partial charge < -0.3 is 9.80 Å². The summed E-state index contributed by atoms with van der Waals surface area (Å²) < 4.78 is 0. The van der Waals surface area contributed by atoms with Crippen LogP contribution in [0.1, 0.15) is 51.4 Å². The summed E-state index contributed by atoms with van der Waals surface area (Å²) in [6, 6.07) is 3.85. The lowest BCUT2D eigenvalue weighted by Gasteiger charge is -2.41. The van der Waals surface area contributed by atoms with Crippen LogP contribution in [0, 0.1) is 11.3 Å². The molecule has 0 N–H and O–H groups in total. The summed E-state index contributed by atoms with van der Waals surface area (Å²) >= 11 is 5.95. The molecular formula is C20H28ClN3O. The topological polar surface area (TPSA) is 36.4 Å². The number of hydrogen-bond donors (Lipinski definition) is 0. The molecule has 1 aliphatic carbocycles. The van der Waals surface area contributed by atoms with Crippen LogP contribution in [-0.2, 0) is 4.79 Å². The molecule has 1 unspecified atom stereocenters. The van der Waals surface area contributed by atoms with E-state index in [1.54, 1.807) is 6.20 Å². The molecule has 1 atom stereocenters. The maximum Gasteiger partial charge on any atom is 0.230 e. The van der Waals surface area contributed by atoms with Gasteiger partial charge in [0.1, 0.15) is 5.82 Å². The van der Waals surface area contributed by atoms with E-state index >= 15 is 0 Å². The molecule has 4 rings (SSSR count). The molecule has 3 fully saturated rings. The standard InChI is InChI=1S/C20H28ClN3O/c21-17-7-8-18(22-13-17)24-12-10-20(15-24)9-4-11-23(19(20)25)14-16-5-2-1-3-6-16/h7-8,13,16H,1-6,9-12,14-15H2. The smallest absolute Gasteiger partial charge is 0.230 e. The predicted molar refractivity (Wildman–Crippen MR) is 101 cm³/mol. The van der Waals surface area contributed by atoms with E-state index in [-0.39, 0.29) is 5.41 Å². The molecule has 1 saturated carbocycles. The van der Waals surface area contributed by atoms with E-state index in [1.165, 1.54) is 32.1 Å². The quantitative estimate of drug-likeness (QED) is 0.812. The van der Waals surface area contributed by atoms with Crippen molar-refractivity contribution in [1.29, 1.82) is 0 Å². The summed E-state index contributed by atoms with van der Waals surface area (Å²) in [5, 5.41) is 0.657. The molecule has 1 amide bonds. The summed E-state index contributed by atoms with van der Waals surface area (Å²) in [4.78, 5) is 22.2. The average Bonchev–Trinajstić information content (AvgIpc) is 3.06. The molecular weight excluding hydrogens is 334 g/mol. The van der Waals surface area contributed by atoms with Gasteiger partial charge >= 0.3 is 0 Å². The Labute approximate surface area is 155 Å². The summed E-state index contributed by atoms with van der Waals surface area (Å²) in [5.74, 6) is 2.07. The van der Waals surface area contributed by atoms with E-state index < -0.39 is 0 Å².